The maximum atomic E-state index is 12.2. The Labute approximate surface area is 151 Å². The lowest BCUT2D eigenvalue weighted by Gasteiger charge is -2.12. The number of methoxy groups -OCH3 is 3. The molecule has 7 nitrogen and oxygen atoms in total. The number of ether oxygens (including phenoxy) is 4. The van der Waals surface area contributed by atoms with Crippen molar-refractivity contribution in [2.24, 2.45) is 0 Å². The highest BCUT2D eigenvalue weighted by Gasteiger charge is 2.14. The van der Waals surface area contributed by atoms with Crippen LogP contribution in [0, 0.1) is 6.92 Å². The molecule has 0 aliphatic rings. The van der Waals surface area contributed by atoms with E-state index in [0.29, 0.717) is 22.9 Å². The summed E-state index contributed by atoms with van der Waals surface area (Å²) in [6.07, 6.45) is 0. The minimum Gasteiger partial charge on any atom is -0.497 e. The van der Waals surface area contributed by atoms with Crippen molar-refractivity contribution in [2.45, 2.75) is 6.92 Å². The number of esters is 1. The summed E-state index contributed by atoms with van der Waals surface area (Å²) < 4.78 is 20.5. The summed E-state index contributed by atoms with van der Waals surface area (Å²) in [5.74, 6) is 0.286. The first-order chi connectivity index (χ1) is 12.5. The van der Waals surface area contributed by atoms with Crippen LogP contribution >= 0.6 is 0 Å². The van der Waals surface area contributed by atoms with Crippen LogP contribution in [0.25, 0.3) is 0 Å². The van der Waals surface area contributed by atoms with E-state index < -0.39 is 18.5 Å². The van der Waals surface area contributed by atoms with Crippen molar-refractivity contribution in [3.05, 3.63) is 47.5 Å². The molecule has 7 heteroatoms. The number of carbonyl (C=O) groups is 2. The van der Waals surface area contributed by atoms with Gasteiger partial charge in [-0.3, -0.25) is 4.79 Å². The van der Waals surface area contributed by atoms with Crippen molar-refractivity contribution in [2.75, 3.05) is 33.3 Å². The van der Waals surface area contributed by atoms with E-state index in [1.165, 1.54) is 33.5 Å². The number of hydrogen-bond acceptors (Lipinski definition) is 6. The molecule has 0 aromatic heterocycles. The summed E-state index contributed by atoms with van der Waals surface area (Å²) in [6.45, 7) is 1.46. The van der Waals surface area contributed by atoms with Crippen LogP contribution in [0.5, 0.6) is 17.2 Å². The van der Waals surface area contributed by atoms with E-state index in [0.717, 1.165) is 5.56 Å². The number of rotatable bonds is 7. The van der Waals surface area contributed by atoms with Gasteiger partial charge in [0, 0.05) is 6.07 Å². The molecule has 1 amide bonds. The van der Waals surface area contributed by atoms with Crippen molar-refractivity contribution in [3.63, 3.8) is 0 Å². The van der Waals surface area contributed by atoms with Gasteiger partial charge in [0.25, 0.3) is 5.91 Å². The zero-order valence-electron chi connectivity index (χ0n) is 15.1. The van der Waals surface area contributed by atoms with Crippen molar-refractivity contribution in [3.8, 4) is 17.2 Å². The quantitative estimate of drug-likeness (QED) is 0.766. The van der Waals surface area contributed by atoms with E-state index in [4.69, 9.17) is 18.9 Å². The summed E-state index contributed by atoms with van der Waals surface area (Å²) >= 11 is 0. The predicted molar refractivity (Wildman–Crippen MR) is 96.2 cm³/mol. The smallest absolute Gasteiger partial charge is 0.338 e. The van der Waals surface area contributed by atoms with Gasteiger partial charge in [-0.2, -0.15) is 0 Å². The molecule has 0 aliphatic carbocycles. The third-order valence-electron chi connectivity index (χ3n) is 3.55. The standard InChI is InChI=1S/C19H21NO6/c1-12-5-6-17(25-4)16(7-12)20-18(21)11-26-19(22)13-8-14(23-2)10-15(9-13)24-3/h5-10H,11H2,1-4H3,(H,20,21). The molecule has 2 aromatic carbocycles. The van der Waals surface area contributed by atoms with E-state index in [9.17, 15) is 9.59 Å². The Bertz CT molecular complexity index is 780. The molecule has 0 saturated carbocycles. The zero-order chi connectivity index (χ0) is 19.1. The van der Waals surface area contributed by atoms with Gasteiger partial charge >= 0.3 is 5.97 Å². The summed E-state index contributed by atoms with van der Waals surface area (Å²) in [4.78, 5) is 24.3. The SMILES string of the molecule is COc1cc(OC)cc(C(=O)OCC(=O)Nc2cc(C)ccc2OC)c1. The average Bonchev–Trinajstić information content (AvgIpc) is 2.65. The number of nitrogens with one attached hydrogen (secondary N) is 1. The molecule has 2 rings (SSSR count). The molecule has 0 atom stereocenters. The number of hydrogen-bond donors (Lipinski definition) is 1. The maximum absolute atomic E-state index is 12.2. The number of benzene rings is 2. The first-order valence-electron chi connectivity index (χ1n) is 7.81. The Balaban J connectivity index is 2.01. The Morgan fingerprint density at radius 1 is 0.923 bits per heavy atom. The highest BCUT2D eigenvalue weighted by atomic mass is 16.5. The molecule has 0 saturated heterocycles. The van der Waals surface area contributed by atoms with E-state index in [1.54, 1.807) is 18.2 Å². The molecule has 0 bridgehead atoms. The molecular formula is C19H21NO6. The third kappa shape index (κ3) is 4.89. The fourth-order valence-corrected chi connectivity index (χ4v) is 2.25. The number of anilines is 1. The Morgan fingerprint density at radius 2 is 1.58 bits per heavy atom. The van der Waals surface area contributed by atoms with Gasteiger partial charge in [-0.05, 0) is 36.8 Å². The van der Waals surface area contributed by atoms with Crippen molar-refractivity contribution in [1.82, 2.24) is 0 Å². The summed E-state index contributed by atoms with van der Waals surface area (Å²) in [5, 5.41) is 2.66. The third-order valence-corrected chi connectivity index (χ3v) is 3.55. The lowest BCUT2D eigenvalue weighted by molar-refractivity contribution is -0.119. The van der Waals surface area contributed by atoms with Gasteiger partial charge in [-0.25, -0.2) is 4.79 Å². The summed E-state index contributed by atoms with van der Waals surface area (Å²) in [7, 11) is 4.47. The molecule has 0 radical (unpaired) electrons. The minimum absolute atomic E-state index is 0.224. The molecule has 0 heterocycles. The fourth-order valence-electron chi connectivity index (χ4n) is 2.25. The van der Waals surface area contributed by atoms with Crippen LogP contribution in [0.2, 0.25) is 0 Å². The molecule has 26 heavy (non-hydrogen) atoms. The topological polar surface area (TPSA) is 83.1 Å². The van der Waals surface area contributed by atoms with Gasteiger partial charge in [0.1, 0.15) is 17.2 Å². The largest absolute Gasteiger partial charge is 0.497 e. The normalized spacial score (nSPS) is 10.0. The van der Waals surface area contributed by atoms with Gasteiger partial charge in [0.05, 0.1) is 32.6 Å². The van der Waals surface area contributed by atoms with Crippen molar-refractivity contribution in [1.29, 1.82) is 0 Å². The van der Waals surface area contributed by atoms with Crippen LogP contribution < -0.4 is 19.5 Å². The molecule has 0 unspecified atom stereocenters. The van der Waals surface area contributed by atoms with Gasteiger partial charge in [0.2, 0.25) is 0 Å². The van der Waals surface area contributed by atoms with Crippen LogP contribution in [-0.4, -0.2) is 39.8 Å². The second-order valence-electron chi connectivity index (χ2n) is 5.43. The van der Waals surface area contributed by atoms with Gasteiger partial charge in [-0.15, -0.1) is 0 Å². The molecule has 1 N–H and O–H groups in total. The van der Waals surface area contributed by atoms with Gasteiger partial charge in [0.15, 0.2) is 6.61 Å². The first-order valence-corrected chi connectivity index (χ1v) is 7.81. The fraction of sp³-hybridized carbons (Fsp3) is 0.263. The van der Waals surface area contributed by atoms with Crippen LogP contribution in [0.1, 0.15) is 15.9 Å². The van der Waals surface area contributed by atoms with Crippen LogP contribution in [0.3, 0.4) is 0 Å². The molecule has 0 spiro atoms. The lowest BCUT2D eigenvalue weighted by atomic mass is 10.2. The average molecular weight is 359 g/mol. The number of aryl methyl sites for hydroxylation is 1. The van der Waals surface area contributed by atoms with Gasteiger partial charge < -0.3 is 24.3 Å². The van der Waals surface area contributed by atoms with E-state index >= 15 is 0 Å². The van der Waals surface area contributed by atoms with E-state index in [1.807, 2.05) is 13.0 Å². The number of carbonyl (C=O) groups excluding carboxylic acids is 2. The van der Waals surface area contributed by atoms with Crippen LogP contribution in [0.4, 0.5) is 5.69 Å². The molecule has 2 aromatic rings. The predicted octanol–water partition coefficient (Wildman–Crippen LogP) is 2.82. The summed E-state index contributed by atoms with van der Waals surface area (Å²) in [6, 6.07) is 10.0. The Kier molecular flexibility index (Phi) is 6.43. The highest BCUT2D eigenvalue weighted by molar-refractivity contribution is 5.96. The molecule has 0 fully saturated rings. The first kappa shape index (κ1) is 19.1. The molecule has 138 valence electrons. The highest BCUT2D eigenvalue weighted by Crippen LogP contribution is 2.25. The minimum atomic E-state index is -0.659. The molecule has 0 aliphatic heterocycles. The van der Waals surface area contributed by atoms with Crippen LogP contribution in [0.15, 0.2) is 36.4 Å². The monoisotopic (exact) mass is 359 g/mol. The lowest BCUT2D eigenvalue weighted by Crippen LogP contribution is -2.21. The second-order valence-corrected chi connectivity index (χ2v) is 5.43. The van der Waals surface area contributed by atoms with Crippen LogP contribution in [-0.2, 0) is 9.53 Å². The maximum Gasteiger partial charge on any atom is 0.338 e. The second kappa shape index (κ2) is 8.75. The zero-order valence-corrected chi connectivity index (χ0v) is 15.1. The summed E-state index contributed by atoms with van der Waals surface area (Å²) in [5.41, 5.74) is 1.69. The number of amides is 1. The van der Waals surface area contributed by atoms with Crippen molar-refractivity contribution < 1.29 is 28.5 Å². The molecular weight excluding hydrogens is 338 g/mol. The van der Waals surface area contributed by atoms with Crippen molar-refractivity contribution >= 4 is 17.6 Å². The Morgan fingerprint density at radius 3 is 2.15 bits per heavy atom. The van der Waals surface area contributed by atoms with E-state index in [2.05, 4.69) is 5.32 Å². The van der Waals surface area contributed by atoms with E-state index in [-0.39, 0.29) is 5.56 Å². The van der Waals surface area contributed by atoms with Gasteiger partial charge in [-0.1, -0.05) is 6.07 Å². The Hall–Kier alpha value is -3.22.